The topological polar surface area (TPSA) is 88.6 Å². The molecule has 0 radical (unpaired) electrons. The highest BCUT2D eigenvalue weighted by molar-refractivity contribution is 9.10. The zero-order chi connectivity index (χ0) is 15.7. The van der Waals surface area contributed by atoms with Crippen LogP contribution in [0.3, 0.4) is 0 Å². The molecule has 3 heterocycles. The third kappa shape index (κ3) is 3.06. The van der Waals surface area contributed by atoms with Gasteiger partial charge in [-0.1, -0.05) is 0 Å². The van der Waals surface area contributed by atoms with E-state index in [1.807, 2.05) is 6.20 Å². The van der Waals surface area contributed by atoms with Gasteiger partial charge in [-0.25, -0.2) is 0 Å². The third-order valence-electron chi connectivity index (χ3n) is 3.62. The van der Waals surface area contributed by atoms with E-state index in [-0.39, 0.29) is 18.2 Å². The maximum atomic E-state index is 12.3. The fourth-order valence-electron chi connectivity index (χ4n) is 2.46. The van der Waals surface area contributed by atoms with Crippen LogP contribution in [-0.4, -0.2) is 44.8 Å². The van der Waals surface area contributed by atoms with Crippen molar-refractivity contribution in [3.8, 4) is 0 Å². The largest absolute Gasteiger partial charge is 0.481 e. The molecule has 2 aromatic rings. The number of carbonyl (C=O) groups excluding carboxylic acids is 1. The number of nitrogens with zero attached hydrogens (tertiary/aromatic N) is 3. The Hall–Kier alpha value is -2.09. The van der Waals surface area contributed by atoms with Crippen LogP contribution in [0.5, 0.6) is 0 Å². The van der Waals surface area contributed by atoms with Crippen LogP contribution in [0.2, 0.25) is 0 Å². The van der Waals surface area contributed by atoms with Crippen molar-refractivity contribution in [3.63, 3.8) is 0 Å². The van der Waals surface area contributed by atoms with Crippen LogP contribution in [0.1, 0.15) is 22.7 Å². The predicted octanol–water partition coefficient (Wildman–Crippen LogP) is 1.83. The van der Waals surface area contributed by atoms with Crippen molar-refractivity contribution in [2.45, 2.75) is 13.0 Å². The zero-order valence-corrected chi connectivity index (χ0v) is 13.2. The van der Waals surface area contributed by atoms with Crippen molar-refractivity contribution in [1.82, 2.24) is 14.7 Å². The van der Waals surface area contributed by atoms with Gasteiger partial charge in [0.25, 0.3) is 5.91 Å². The highest BCUT2D eigenvalue weighted by atomic mass is 79.9. The van der Waals surface area contributed by atoms with Crippen LogP contribution < -0.4 is 0 Å². The number of rotatable bonds is 4. The molecule has 1 saturated heterocycles. The van der Waals surface area contributed by atoms with Gasteiger partial charge in [-0.3, -0.25) is 14.3 Å². The summed E-state index contributed by atoms with van der Waals surface area (Å²) in [5, 5.41) is 13.1. The minimum atomic E-state index is -0.861. The molecule has 0 aromatic carbocycles. The van der Waals surface area contributed by atoms with Crippen LogP contribution in [0.25, 0.3) is 0 Å². The molecule has 7 nitrogen and oxygen atoms in total. The summed E-state index contributed by atoms with van der Waals surface area (Å²) in [7, 11) is 0. The Bertz CT molecular complexity index is 709. The summed E-state index contributed by atoms with van der Waals surface area (Å²) in [5.41, 5.74) is 0. The van der Waals surface area contributed by atoms with Crippen LogP contribution in [0.15, 0.2) is 33.4 Å². The van der Waals surface area contributed by atoms with Gasteiger partial charge in [-0.05, 0) is 34.5 Å². The Kier molecular flexibility index (Phi) is 4.02. The molecule has 1 aliphatic heterocycles. The first-order valence-corrected chi connectivity index (χ1v) is 7.61. The molecule has 0 saturated carbocycles. The average molecular weight is 368 g/mol. The number of hydrogen-bond acceptors (Lipinski definition) is 4. The summed E-state index contributed by atoms with van der Waals surface area (Å²) in [4.78, 5) is 24.8. The second kappa shape index (κ2) is 5.96. The van der Waals surface area contributed by atoms with E-state index in [9.17, 15) is 9.59 Å². The Balaban J connectivity index is 1.66. The van der Waals surface area contributed by atoms with Gasteiger partial charge in [0.2, 0.25) is 0 Å². The van der Waals surface area contributed by atoms with E-state index < -0.39 is 11.9 Å². The maximum Gasteiger partial charge on any atom is 0.308 e. The molecule has 22 heavy (non-hydrogen) atoms. The number of carboxylic acids is 1. The first kappa shape index (κ1) is 14.8. The van der Waals surface area contributed by atoms with Crippen LogP contribution in [0.4, 0.5) is 0 Å². The second-order valence-corrected chi connectivity index (χ2v) is 6.11. The lowest BCUT2D eigenvalue weighted by Gasteiger charge is -2.13. The normalized spacial score (nSPS) is 17.9. The van der Waals surface area contributed by atoms with E-state index in [0.29, 0.717) is 25.3 Å². The summed E-state index contributed by atoms with van der Waals surface area (Å²) in [6.07, 6.45) is 3.96. The van der Waals surface area contributed by atoms with E-state index in [4.69, 9.17) is 9.52 Å². The fraction of sp³-hybridized carbons (Fsp3) is 0.357. The van der Waals surface area contributed by atoms with Gasteiger partial charge in [0.15, 0.2) is 5.76 Å². The van der Waals surface area contributed by atoms with Crippen molar-refractivity contribution < 1.29 is 19.1 Å². The number of furan rings is 1. The van der Waals surface area contributed by atoms with E-state index >= 15 is 0 Å². The monoisotopic (exact) mass is 367 g/mol. The number of aromatic nitrogens is 2. The highest BCUT2D eigenvalue weighted by Gasteiger charge is 2.32. The number of amides is 1. The van der Waals surface area contributed by atoms with Gasteiger partial charge in [-0.15, -0.1) is 0 Å². The molecule has 0 aliphatic carbocycles. The molecule has 1 N–H and O–H groups in total. The number of aliphatic carboxylic acids is 1. The molecule has 0 bridgehead atoms. The highest BCUT2D eigenvalue weighted by Crippen LogP contribution is 2.20. The van der Waals surface area contributed by atoms with Crippen LogP contribution in [0, 0.1) is 5.92 Å². The number of carbonyl (C=O) groups is 2. The Labute approximate surface area is 134 Å². The number of carboxylic acid groups (broad SMARTS) is 1. The zero-order valence-electron chi connectivity index (χ0n) is 11.6. The van der Waals surface area contributed by atoms with Gasteiger partial charge < -0.3 is 14.4 Å². The maximum absolute atomic E-state index is 12.3. The molecule has 0 spiro atoms. The van der Waals surface area contributed by atoms with Crippen molar-refractivity contribution in [1.29, 1.82) is 0 Å². The van der Waals surface area contributed by atoms with Crippen molar-refractivity contribution in [2.75, 3.05) is 13.1 Å². The third-order valence-corrected chi connectivity index (χ3v) is 4.03. The Morgan fingerprint density at radius 2 is 2.27 bits per heavy atom. The smallest absolute Gasteiger partial charge is 0.308 e. The minimum absolute atomic E-state index is 0.229. The summed E-state index contributed by atoms with van der Waals surface area (Å²) in [5.74, 6) is -0.767. The SMILES string of the molecule is O=C(O)C1CCN(C(=O)c2ccc(Cn3cc(Br)cn3)o2)C1. The molecule has 3 rings (SSSR count). The van der Waals surface area contributed by atoms with Crippen LogP contribution >= 0.6 is 15.9 Å². The van der Waals surface area contributed by atoms with Gasteiger partial charge in [0, 0.05) is 19.3 Å². The van der Waals surface area contributed by atoms with E-state index in [2.05, 4.69) is 21.0 Å². The van der Waals surface area contributed by atoms with E-state index in [1.54, 1.807) is 23.0 Å². The molecule has 2 aromatic heterocycles. The number of hydrogen-bond donors (Lipinski definition) is 1. The minimum Gasteiger partial charge on any atom is -0.481 e. The first-order valence-electron chi connectivity index (χ1n) is 6.81. The van der Waals surface area contributed by atoms with Crippen molar-refractivity contribution in [2.24, 2.45) is 5.92 Å². The van der Waals surface area contributed by atoms with Gasteiger partial charge in [0.1, 0.15) is 5.76 Å². The lowest BCUT2D eigenvalue weighted by molar-refractivity contribution is -0.141. The summed E-state index contributed by atoms with van der Waals surface area (Å²) < 4.78 is 8.11. The van der Waals surface area contributed by atoms with E-state index in [1.165, 1.54) is 4.90 Å². The average Bonchev–Trinajstić information content (AvgIpc) is 3.19. The summed E-state index contributed by atoms with van der Waals surface area (Å²) >= 11 is 3.31. The standard InChI is InChI=1S/C14H14BrN3O4/c15-10-5-16-18(7-10)8-11-1-2-12(22-11)13(19)17-4-3-9(6-17)14(20)21/h1-2,5,7,9H,3-4,6,8H2,(H,20,21). The Morgan fingerprint density at radius 3 is 2.91 bits per heavy atom. The predicted molar refractivity (Wildman–Crippen MR) is 79.4 cm³/mol. The number of likely N-dealkylation sites (tertiary alicyclic amines) is 1. The molecule has 1 fully saturated rings. The molecular weight excluding hydrogens is 354 g/mol. The van der Waals surface area contributed by atoms with Gasteiger partial charge >= 0.3 is 5.97 Å². The van der Waals surface area contributed by atoms with E-state index in [0.717, 1.165) is 4.47 Å². The summed E-state index contributed by atoms with van der Waals surface area (Å²) in [6, 6.07) is 3.35. The first-order chi connectivity index (χ1) is 10.5. The van der Waals surface area contributed by atoms with Crippen molar-refractivity contribution >= 4 is 27.8 Å². The number of halogens is 1. The fourth-order valence-corrected chi connectivity index (χ4v) is 2.79. The van der Waals surface area contributed by atoms with Crippen molar-refractivity contribution in [3.05, 3.63) is 40.5 Å². The van der Waals surface area contributed by atoms with Gasteiger partial charge in [0.05, 0.1) is 23.1 Å². The quantitative estimate of drug-likeness (QED) is 0.890. The molecule has 1 amide bonds. The van der Waals surface area contributed by atoms with Gasteiger partial charge in [-0.2, -0.15) is 5.10 Å². The molecule has 1 unspecified atom stereocenters. The lowest BCUT2D eigenvalue weighted by atomic mass is 10.1. The second-order valence-electron chi connectivity index (χ2n) is 5.20. The summed E-state index contributed by atoms with van der Waals surface area (Å²) in [6.45, 7) is 1.10. The molecule has 116 valence electrons. The molecule has 1 aliphatic rings. The molecule has 1 atom stereocenters. The molecule has 8 heteroatoms. The molecular formula is C14H14BrN3O4. The lowest BCUT2D eigenvalue weighted by Crippen LogP contribution is -2.29. The van der Waals surface area contributed by atoms with Crippen LogP contribution in [-0.2, 0) is 11.3 Å². The Morgan fingerprint density at radius 1 is 1.45 bits per heavy atom.